The van der Waals surface area contributed by atoms with Crippen LogP contribution in [-0.4, -0.2) is 25.7 Å². The Labute approximate surface area is 137 Å². The van der Waals surface area contributed by atoms with Crippen LogP contribution in [0.25, 0.3) is 6.08 Å². The molecular formula is C17H24ClNO3. The number of carbonyl (C=O) groups is 1. The molecule has 0 unspecified atom stereocenters. The Morgan fingerprint density at radius 1 is 1.32 bits per heavy atom. The van der Waals surface area contributed by atoms with E-state index >= 15 is 0 Å². The summed E-state index contributed by atoms with van der Waals surface area (Å²) < 4.78 is 10.7. The molecule has 0 heterocycles. The molecule has 0 radical (unpaired) electrons. The Kier molecular flexibility index (Phi) is 7.82. The summed E-state index contributed by atoms with van der Waals surface area (Å²) in [6.07, 6.45) is 5.05. The second-order valence-corrected chi connectivity index (χ2v) is 5.23. The van der Waals surface area contributed by atoms with Gasteiger partial charge in [-0.25, -0.2) is 0 Å². The van der Waals surface area contributed by atoms with Crippen molar-refractivity contribution in [2.24, 2.45) is 0 Å². The molecule has 1 aromatic rings. The minimum Gasteiger partial charge on any atom is -0.491 e. The molecule has 0 bridgehead atoms. The molecule has 0 atom stereocenters. The fourth-order valence-corrected chi connectivity index (χ4v) is 2.36. The van der Waals surface area contributed by atoms with E-state index in [1.54, 1.807) is 25.3 Å². The Morgan fingerprint density at radius 2 is 2.00 bits per heavy atom. The fraction of sp³-hybridized carbons (Fsp3) is 0.471. The first-order valence-electron chi connectivity index (χ1n) is 7.54. The summed E-state index contributed by atoms with van der Waals surface area (Å²) in [5.74, 6) is 0.957. The first-order valence-corrected chi connectivity index (χ1v) is 7.92. The first-order chi connectivity index (χ1) is 10.5. The van der Waals surface area contributed by atoms with Gasteiger partial charge in [-0.05, 0) is 43.5 Å². The van der Waals surface area contributed by atoms with E-state index in [0.29, 0.717) is 23.1 Å². The quantitative estimate of drug-likeness (QED) is 0.733. The van der Waals surface area contributed by atoms with E-state index in [1.807, 2.05) is 6.92 Å². The molecule has 5 heteroatoms. The predicted octanol–water partition coefficient (Wildman–Crippen LogP) is 4.07. The third-order valence-corrected chi connectivity index (χ3v) is 3.58. The number of ether oxygens (including phenoxy) is 2. The molecule has 0 saturated carbocycles. The molecule has 1 rings (SSSR count). The standard InChI is InChI=1S/C17H24ClNO3/c1-5-13(6-2)19-16(20)9-8-12-10-14(18)17(21-4)15(11-12)22-7-3/h8-11,13H,5-7H2,1-4H3,(H,19,20)/b9-8+. The number of methoxy groups -OCH3 is 1. The predicted molar refractivity (Wildman–Crippen MR) is 90.7 cm³/mol. The van der Waals surface area contributed by atoms with Gasteiger partial charge >= 0.3 is 0 Å². The van der Waals surface area contributed by atoms with E-state index in [1.165, 1.54) is 6.08 Å². The molecule has 0 aromatic heterocycles. The Balaban J connectivity index is 2.88. The van der Waals surface area contributed by atoms with Crippen molar-refractivity contribution in [1.29, 1.82) is 0 Å². The minimum atomic E-state index is -0.112. The number of carbonyl (C=O) groups excluding carboxylic acids is 1. The van der Waals surface area contributed by atoms with Gasteiger partial charge in [0.15, 0.2) is 11.5 Å². The number of hydrogen-bond donors (Lipinski definition) is 1. The lowest BCUT2D eigenvalue weighted by molar-refractivity contribution is -0.117. The van der Waals surface area contributed by atoms with Crippen molar-refractivity contribution in [3.05, 3.63) is 28.8 Å². The molecule has 0 saturated heterocycles. The number of benzene rings is 1. The van der Waals surface area contributed by atoms with Gasteiger partial charge in [0.2, 0.25) is 5.91 Å². The zero-order valence-corrected chi connectivity index (χ0v) is 14.4. The van der Waals surface area contributed by atoms with Crippen molar-refractivity contribution in [3.8, 4) is 11.5 Å². The molecule has 4 nitrogen and oxygen atoms in total. The maximum Gasteiger partial charge on any atom is 0.244 e. The van der Waals surface area contributed by atoms with Crippen LogP contribution in [0.4, 0.5) is 0 Å². The molecule has 122 valence electrons. The Morgan fingerprint density at radius 3 is 2.55 bits per heavy atom. The molecule has 0 aliphatic carbocycles. The molecule has 0 fully saturated rings. The SMILES string of the molecule is CCOc1cc(/C=C/C(=O)NC(CC)CC)cc(Cl)c1OC. The zero-order valence-electron chi connectivity index (χ0n) is 13.6. The van der Waals surface area contributed by atoms with E-state index in [0.717, 1.165) is 18.4 Å². The van der Waals surface area contributed by atoms with Crippen LogP contribution in [0, 0.1) is 0 Å². The van der Waals surface area contributed by atoms with Crippen LogP contribution in [0.5, 0.6) is 11.5 Å². The summed E-state index contributed by atoms with van der Waals surface area (Å²) in [5, 5.41) is 3.40. The van der Waals surface area contributed by atoms with Gasteiger partial charge < -0.3 is 14.8 Å². The van der Waals surface area contributed by atoms with Crippen molar-refractivity contribution in [1.82, 2.24) is 5.32 Å². The van der Waals surface area contributed by atoms with Crippen LogP contribution in [0.15, 0.2) is 18.2 Å². The van der Waals surface area contributed by atoms with Gasteiger partial charge in [0.25, 0.3) is 0 Å². The van der Waals surface area contributed by atoms with E-state index in [-0.39, 0.29) is 11.9 Å². The van der Waals surface area contributed by atoms with Crippen LogP contribution < -0.4 is 14.8 Å². The zero-order chi connectivity index (χ0) is 16.5. The van der Waals surface area contributed by atoms with Crippen molar-refractivity contribution in [2.75, 3.05) is 13.7 Å². The van der Waals surface area contributed by atoms with Gasteiger partial charge in [0, 0.05) is 12.1 Å². The van der Waals surface area contributed by atoms with Gasteiger partial charge in [0.1, 0.15) is 0 Å². The Hall–Kier alpha value is -1.68. The molecule has 22 heavy (non-hydrogen) atoms. The van der Waals surface area contributed by atoms with Crippen LogP contribution in [0.3, 0.4) is 0 Å². The number of amides is 1. The van der Waals surface area contributed by atoms with Gasteiger partial charge in [0.05, 0.1) is 18.7 Å². The highest BCUT2D eigenvalue weighted by Crippen LogP contribution is 2.36. The van der Waals surface area contributed by atoms with Crippen molar-refractivity contribution in [2.45, 2.75) is 39.7 Å². The molecular weight excluding hydrogens is 302 g/mol. The summed E-state index contributed by atoms with van der Waals surface area (Å²) in [6.45, 7) is 6.50. The Bertz CT molecular complexity index is 525. The van der Waals surface area contributed by atoms with Crippen molar-refractivity contribution < 1.29 is 14.3 Å². The maximum atomic E-state index is 11.9. The lowest BCUT2D eigenvalue weighted by Crippen LogP contribution is -2.32. The number of nitrogens with one attached hydrogen (secondary N) is 1. The number of rotatable bonds is 8. The highest BCUT2D eigenvalue weighted by Gasteiger charge is 2.11. The van der Waals surface area contributed by atoms with E-state index < -0.39 is 0 Å². The van der Waals surface area contributed by atoms with Gasteiger partial charge in [-0.1, -0.05) is 25.4 Å². The third-order valence-electron chi connectivity index (χ3n) is 3.29. The third kappa shape index (κ3) is 5.26. The highest BCUT2D eigenvalue weighted by molar-refractivity contribution is 6.32. The van der Waals surface area contributed by atoms with Gasteiger partial charge in [-0.2, -0.15) is 0 Å². The molecule has 1 N–H and O–H groups in total. The first kappa shape index (κ1) is 18.4. The lowest BCUT2D eigenvalue weighted by Gasteiger charge is -2.13. The van der Waals surface area contributed by atoms with Crippen molar-refractivity contribution >= 4 is 23.6 Å². The topological polar surface area (TPSA) is 47.6 Å². The second kappa shape index (κ2) is 9.36. The van der Waals surface area contributed by atoms with Crippen LogP contribution in [-0.2, 0) is 4.79 Å². The smallest absolute Gasteiger partial charge is 0.244 e. The van der Waals surface area contributed by atoms with Gasteiger partial charge in [-0.15, -0.1) is 0 Å². The summed E-state index contributed by atoms with van der Waals surface area (Å²) in [7, 11) is 1.54. The average molecular weight is 326 g/mol. The molecule has 0 aliphatic heterocycles. The summed E-state index contributed by atoms with van der Waals surface area (Å²) in [5.41, 5.74) is 0.786. The van der Waals surface area contributed by atoms with E-state index in [2.05, 4.69) is 19.2 Å². The summed E-state index contributed by atoms with van der Waals surface area (Å²) in [4.78, 5) is 11.9. The number of hydrogen-bond acceptors (Lipinski definition) is 3. The second-order valence-electron chi connectivity index (χ2n) is 4.82. The molecule has 1 aromatic carbocycles. The molecule has 1 amide bonds. The summed E-state index contributed by atoms with van der Waals surface area (Å²) >= 11 is 6.18. The summed E-state index contributed by atoms with van der Waals surface area (Å²) in [6, 6.07) is 3.74. The van der Waals surface area contributed by atoms with Crippen LogP contribution in [0.2, 0.25) is 5.02 Å². The largest absolute Gasteiger partial charge is 0.491 e. The van der Waals surface area contributed by atoms with Crippen molar-refractivity contribution in [3.63, 3.8) is 0 Å². The maximum absolute atomic E-state index is 11.9. The van der Waals surface area contributed by atoms with Gasteiger partial charge in [-0.3, -0.25) is 4.79 Å². The normalized spacial score (nSPS) is 11.0. The van der Waals surface area contributed by atoms with Crippen LogP contribution in [0.1, 0.15) is 39.2 Å². The van der Waals surface area contributed by atoms with E-state index in [4.69, 9.17) is 21.1 Å². The number of halogens is 1. The fourth-order valence-electron chi connectivity index (χ4n) is 2.06. The van der Waals surface area contributed by atoms with Crippen LogP contribution >= 0.6 is 11.6 Å². The minimum absolute atomic E-state index is 0.112. The highest BCUT2D eigenvalue weighted by atomic mass is 35.5. The molecule has 0 aliphatic rings. The average Bonchev–Trinajstić information content (AvgIpc) is 2.50. The lowest BCUT2D eigenvalue weighted by atomic mass is 10.1. The monoisotopic (exact) mass is 325 g/mol. The molecule has 0 spiro atoms. The van der Waals surface area contributed by atoms with E-state index in [9.17, 15) is 4.79 Å².